The molecule has 0 radical (unpaired) electrons. The lowest BCUT2D eigenvalue weighted by Crippen LogP contribution is -2.08. The minimum atomic E-state index is -0.0465. The molecule has 3 heteroatoms. The van der Waals surface area contributed by atoms with E-state index in [2.05, 4.69) is 16.9 Å². The van der Waals surface area contributed by atoms with Gasteiger partial charge in [0.2, 0.25) is 0 Å². The Morgan fingerprint density at radius 3 is 2.53 bits per heavy atom. The van der Waals surface area contributed by atoms with Gasteiger partial charge in [-0.15, -0.1) is 0 Å². The van der Waals surface area contributed by atoms with Gasteiger partial charge in [0.1, 0.15) is 11.6 Å². The summed E-state index contributed by atoms with van der Waals surface area (Å²) >= 11 is 0. The summed E-state index contributed by atoms with van der Waals surface area (Å²) in [5.41, 5.74) is 2.03. The van der Waals surface area contributed by atoms with Crippen molar-refractivity contribution < 1.29 is 4.74 Å². The minimum Gasteiger partial charge on any atom is -0.483 e. The molecule has 0 aliphatic heterocycles. The van der Waals surface area contributed by atoms with E-state index in [0.717, 1.165) is 29.0 Å². The van der Waals surface area contributed by atoms with E-state index in [1.807, 2.05) is 54.6 Å². The lowest BCUT2D eigenvalue weighted by Gasteiger charge is -2.15. The van der Waals surface area contributed by atoms with Crippen molar-refractivity contribution in [2.45, 2.75) is 19.4 Å². The molecular weight excluding hydrogens is 236 g/mol. The van der Waals surface area contributed by atoms with Gasteiger partial charge in [0, 0.05) is 0 Å². The number of nitrogens with one attached hydrogen (secondary N) is 1. The Balaban J connectivity index is 1.89. The number of hydrogen-bond acceptors (Lipinski definition) is 2. The van der Waals surface area contributed by atoms with Crippen LogP contribution in [0.2, 0.25) is 0 Å². The van der Waals surface area contributed by atoms with Crippen LogP contribution >= 0.6 is 0 Å². The molecule has 0 amide bonds. The molecule has 1 atom stereocenters. The largest absolute Gasteiger partial charge is 0.483 e. The second-order valence-corrected chi connectivity index (χ2v) is 4.47. The van der Waals surface area contributed by atoms with E-state index < -0.39 is 0 Å². The first-order valence-electron chi connectivity index (χ1n) is 6.53. The van der Waals surface area contributed by atoms with E-state index in [-0.39, 0.29) is 6.10 Å². The maximum atomic E-state index is 5.99. The van der Waals surface area contributed by atoms with Gasteiger partial charge < -0.3 is 9.72 Å². The number of H-pyrrole nitrogens is 1. The summed E-state index contributed by atoms with van der Waals surface area (Å²) in [7, 11) is 0. The second-order valence-electron chi connectivity index (χ2n) is 4.47. The molecule has 0 saturated carbocycles. The van der Waals surface area contributed by atoms with E-state index in [1.54, 1.807) is 0 Å². The van der Waals surface area contributed by atoms with Crippen molar-refractivity contribution in [3.05, 3.63) is 60.4 Å². The predicted octanol–water partition coefficient (Wildman–Crippen LogP) is 4.09. The van der Waals surface area contributed by atoms with Crippen LogP contribution in [0.15, 0.2) is 54.6 Å². The molecule has 1 N–H and O–H groups in total. The minimum absolute atomic E-state index is 0.0465. The summed E-state index contributed by atoms with van der Waals surface area (Å²) in [5, 5.41) is 0. The number of nitrogens with zero attached hydrogens (tertiary/aromatic N) is 1. The summed E-state index contributed by atoms with van der Waals surface area (Å²) < 4.78 is 5.99. The molecule has 0 bridgehead atoms. The maximum Gasteiger partial charge on any atom is 0.156 e. The fraction of sp³-hybridized carbons (Fsp3) is 0.188. The van der Waals surface area contributed by atoms with Crippen LogP contribution in [0.25, 0.3) is 11.0 Å². The van der Waals surface area contributed by atoms with Crippen molar-refractivity contribution in [3.63, 3.8) is 0 Å². The van der Waals surface area contributed by atoms with Gasteiger partial charge in [-0.05, 0) is 30.7 Å². The summed E-state index contributed by atoms with van der Waals surface area (Å²) in [6, 6.07) is 17.9. The third kappa shape index (κ3) is 2.45. The average molecular weight is 252 g/mol. The van der Waals surface area contributed by atoms with Crippen molar-refractivity contribution in [1.29, 1.82) is 0 Å². The van der Waals surface area contributed by atoms with E-state index in [0.29, 0.717) is 0 Å². The second kappa shape index (κ2) is 5.14. The van der Waals surface area contributed by atoms with Crippen molar-refractivity contribution >= 4 is 11.0 Å². The number of fused-ring (bicyclic) bond motifs is 1. The maximum absolute atomic E-state index is 5.99. The topological polar surface area (TPSA) is 37.9 Å². The van der Waals surface area contributed by atoms with Crippen LogP contribution in [0.4, 0.5) is 0 Å². The molecule has 0 fully saturated rings. The van der Waals surface area contributed by atoms with Gasteiger partial charge in [0.15, 0.2) is 6.10 Å². The van der Waals surface area contributed by atoms with Crippen molar-refractivity contribution in [1.82, 2.24) is 9.97 Å². The smallest absolute Gasteiger partial charge is 0.156 e. The van der Waals surface area contributed by atoms with Crippen LogP contribution in [0.5, 0.6) is 5.75 Å². The third-order valence-electron chi connectivity index (χ3n) is 3.11. The van der Waals surface area contributed by atoms with E-state index in [9.17, 15) is 0 Å². The Morgan fingerprint density at radius 1 is 1.05 bits per heavy atom. The zero-order valence-corrected chi connectivity index (χ0v) is 10.8. The molecule has 0 unspecified atom stereocenters. The zero-order valence-electron chi connectivity index (χ0n) is 10.8. The van der Waals surface area contributed by atoms with Crippen LogP contribution in [0.3, 0.4) is 0 Å². The first-order chi connectivity index (χ1) is 9.36. The number of aromatic amines is 1. The first-order valence-corrected chi connectivity index (χ1v) is 6.53. The molecule has 0 saturated heterocycles. The van der Waals surface area contributed by atoms with Gasteiger partial charge in [-0.3, -0.25) is 0 Å². The zero-order chi connectivity index (χ0) is 13.1. The highest BCUT2D eigenvalue weighted by molar-refractivity contribution is 5.74. The summed E-state index contributed by atoms with van der Waals surface area (Å²) in [6.45, 7) is 2.10. The number of imidazole rings is 1. The van der Waals surface area contributed by atoms with E-state index >= 15 is 0 Å². The molecule has 3 nitrogen and oxygen atoms in total. The third-order valence-corrected chi connectivity index (χ3v) is 3.11. The number of hydrogen-bond donors (Lipinski definition) is 1. The number of rotatable bonds is 4. The van der Waals surface area contributed by atoms with Gasteiger partial charge >= 0.3 is 0 Å². The quantitative estimate of drug-likeness (QED) is 0.759. The van der Waals surface area contributed by atoms with Gasteiger partial charge in [-0.25, -0.2) is 4.98 Å². The highest BCUT2D eigenvalue weighted by Crippen LogP contribution is 2.24. The standard InChI is InChI=1S/C16H16N2O/c1-2-15(19-12-8-4-3-5-9-12)16-17-13-10-6-7-11-14(13)18-16/h3-11,15H,2H2,1H3,(H,17,18)/t15-/m1/s1. The average Bonchev–Trinajstić information content (AvgIpc) is 2.89. The molecular formula is C16H16N2O. The predicted molar refractivity (Wildman–Crippen MR) is 76.2 cm³/mol. The van der Waals surface area contributed by atoms with Crippen LogP contribution in [0, 0.1) is 0 Å². The van der Waals surface area contributed by atoms with Crippen LogP contribution in [-0.2, 0) is 0 Å². The molecule has 2 aromatic carbocycles. The van der Waals surface area contributed by atoms with Crippen molar-refractivity contribution in [2.75, 3.05) is 0 Å². The molecule has 3 rings (SSSR count). The Hall–Kier alpha value is -2.29. The number of benzene rings is 2. The van der Waals surface area contributed by atoms with Crippen molar-refractivity contribution in [2.24, 2.45) is 0 Å². The summed E-state index contributed by atoms with van der Waals surface area (Å²) in [6.07, 6.45) is 0.823. The summed E-state index contributed by atoms with van der Waals surface area (Å²) in [4.78, 5) is 7.93. The van der Waals surface area contributed by atoms with Crippen LogP contribution in [-0.4, -0.2) is 9.97 Å². The first kappa shape index (κ1) is 11.8. The Morgan fingerprint density at radius 2 is 1.79 bits per heavy atom. The molecule has 0 aliphatic rings. The fourth-order valence-corrected chi connectivity index (χ4v) is 2.12. The highest BCUT2D eigenvalue weighted by atomic mass is 16.5. The molecule has 96 valence electrons. The number of para-hydroxylation sites is 3. The van der Waals surface area contributed by atoms with Crippen LogP contribution in [0.1, 0.15) is 25.3 Å². The number of ether oxygens (including phenoxy) is 1. The molecule has 19 heavy (non-hydrogen) atoms. The monoisotopic (exact) mass is 252 g/mol. The van der Waals surface area contributed by atoms with Crippen molar-refractivity contribution in [3.8, 4) is 5.75 Å². The van der Waals surface area contributed by atoms with E-state index in [1.165, 1.54) is 0 Å². The van der Waals surface area contributed by atoms with Gasteiger partial charge in [-0.1, -0.05) is 37.3 Å². The SMILES string of the molecule is CC[C@@H](Oc1ccccc1)c1nc2ccccc2[nH]1. The molecule has 1 aromatic heterocycles. The molecule has 0 aliphatic carbocycles. The fourth-order valence-electron chi connectivity index (χ4n) is 2.12. The summed E-state index contributed by atoms with van der Waals surface area (Å²) in [5.74, 6) is 1.75. The highest BCUT2D eigenvalue weighted by Gasteiger charge is 2.15. The number of aromatic nitrogens is 2. The van der Waals surface area contributed by atoms with Crippen LogP contribution < -0.4 is 4.74 Å². The molecule has 3 aromatic rings. The van der Waals surface area contributed by atoms with Gasteiger partial charge in [-0.2, -0.15) is 0 Å². The normalized spacial score (nSPS) is 12.5. The Kier molecular flexibility index (Phi) is 3.19. The van der Waals surface area contributed by atoms with Gasteiger partial charge in [0.05, 0.1) is 11.0 Å². The Labute approximate surface area is 112 Å². The lowest BCUT2D eigenvalue weighted by molar-refractivity contribution is 0.192. The lowest BCUT2D eigenvalue weighted by atomic mass is 10.2. The van der Waals surface area contributed by atoms with E-state index in [4.69, 9.17) is 4.74 Å². The molecule has 0 spiro atoms. The Bertz CT molecular complexity index is 628. The molecule has 1 heterocycles. The van der Waals surface area contributed by atoms with Gasteiger partial charge in [0.25, 0.3) is 0 Å².